The van der Waals surface area contributed by atoms with E-state index in [0.717, 1.165) is 57.8 Å². The van der Waals surface area contributed by atoms with Crippen LogP contribution < -0.4 is 5.32 Å². The first-order valence-electron chi connectivity index (χ1n) is 25.5. The van der Waals surface area contributed by atoms with Gasteiger partial charge in [-0.1, -0.05) is 216 Å². The van der Waals surface area contributed by atoms with Crippen molar-refractivity contribution in [2.45, 2.75) is 256 Å². The maximum atomic E-state index is 13.0. The molecule has 1 amide bonds. The first-order chi connectivity index (χ1) is 30.3. The third-order valence-electron chi connectivity index (χ3n) is 11.9. The van der Waals surface area contributed by atoms with E-state index in [1.165, 1.54) is 122 Å². The van der Waals surface area contributed by atoms with Crippen LogP contribution in [0.25, 0.3) is 0 Å². The molecule has 0 aromatic rings. The molecule has 6 N–H and O–H groups in total. The molecule has 0 spiro atoms. The molecule has 0 saturated carbocycles. The normalized spacial score (nSPS) is 20.8. The minimum Gasteiger partial charge on any atom is -0.394 e. The Morgan fingerprint density at radius 2 is 0.984 bits per heavy atom. The van der Waals surface area contributed by atoms with Crippen molar-refractivity contribution in [3.05, 3.63) is 60.8 Å². The summed E-state index contributed by atoms with van der Waals surface area (Å²) in [7, 11) is 0. The van der Waals surface area contributed by atoms with E-state index in [4.69, 9.17) is 9.47 Å². The summed E-state index contributed by atoms with van der Waals surface area (Å²) in [4.78, 5) is 13.0. The van der Waals surface area contributed by atoms with Crippen LogP contribution in [0.1, 0.15) is 213 Å². The third-order valence-corrected chi connectivity index (χ3v) is 11.9. The van der Waals surface area contributed by atoms with Gasteiger partial charge in [-0.3, -0.25) is 4.79 Å². The Kier molecular flexibility index (Phi) is 40.0. The van der Waals surface area contributed by atoms with Gasteiger partial charge in [-0.05, 0) is 51.4 Å². The van der Waals surface area contributed by atoms with E-state index in [-0.39, 0.29) is 18.9 Å². The molecule has 1 saturated heterocycles. The summed E-state index contributed by atoms with van der Waals surface area (Å²) in [6, 6.07) is -0.751. The molecule has 0 radical (unpaired) electrons. The summed E-state index contributed by atoms with van der Waals surface area (Å²) in [6.07, 6.45) is 49.6. The Hall–Kier alpha value is -2.11. The topological polar surface area (TPSA) is 149 Å². The monoisotopic (exact) mass is 874 g/mol. The fourth-order valence-corrected chi connectivity index (χ4v) is 7.84. The number of aliphatic hydroxyl groups is 5. The Morgan fingerprint density at radius 3 is 1.42 bits per heavy atom. The van der Waals surface area contributed by atoms with Gasteiger partial charge in [0.2, 0.25) is 5.91 Å². The summed E-state index contributed by atoms with van der Waals surface area (Å²) in [6.45, 7) is 3.69. The largest absolute Gasteiger partial charge is 0.394 e. The molecule has 1 fully saturated rings. The quantitative estimate of drug-likeness (QED) is 0.0262. The van der Waals surface area contributed by atoms with Gasteiger partial charge >= 0.3 is 0 Å². The number of ether oxygens (including phenoxy) is 2. The highest BCUT2D eigenvalue weighted by Gasteiger charge is 2.44. The number of rotatable bonds is 42. The molecule has 9 heteroatoms. The summed E-state index contributed by atoms with van der Waals surface area (Å²) < 4.78 is 11.3. The van der Waals surface area contributed by atoms with Gasteiger partial charge in [0.15, 0.2) is 6.29 Å². The first kappa shape index (κ1) is 57.9. The first-order valence-corrected chi connectivity index (χ1v) is 25.5. The van der Waals surface area contributed by atoms with Crippen LogP contribution in [0.15, 0.2) is 60.8 Å². The van der Waals surface area contributed by atoms with E-state index in [1.54, 1.807) is 0 Å². The Labute approximate surface area is 379 Å². The van der Waals surface area contributed by atoms with Gasteiger partial charge in [0, 0.05) is 6.42 Å². The van der Waals surface area contributed by atoms with Crippen molar-refractivity contribution in [3.63, 3.8) is 0 Å². The van der Waals surface area contributed by atoms with Gasteiger partial charge in [-0.15, -0.1) is 0 Å². The van der Waals surface area contributed by atoms with E-state index < -0.39 is 49.5 Å². The minimum absolute atomic E-state index is 0.163. The molecule has 0 aromatic carbocycles. The molecule has 1 heterocycles. The predicted molar refractivity (Wildman–Crippen MR) is 258 cm³/mol. The Morgan fingerprint density at radius 1 is 0.565 bits per heavy atom. The number of unbranched alkanes of at least 4 members (excludes halogenated alkanes) is 22. The number of hydrogen-bond donors (Lipinski definition) is 6. The molecular weight excluding hydrogens is 779 g/mol. The van der Waals surface area contributed by atoms with E-state index in [1.807, 2.05) is 0 Å². The molecule has 1 rings (SSSR count). The number of nitrogens with one attached hydrogen (secondary N) is 1. The number of carbonyl (C=O) groups is 1. The van der Waals surface area contributed by atoms with Gasteiger partial charge in [0.25, 0.3) is 0 Å². The minimum atomic E-state index is -1.57. The number of allylic oxidation sites excluding steroid dienone is 10. The van der Waals surface area contributed by atoms with Crippen LogP contribution in [0.4, 0.5) is 0 Å². The molecule has 0 aromatic heterocycles. The standard InChI is InChI=1S/C53H95NO8/c1-3-5-7-9-11-13-15-17-19-21-22-23-24-25-27-28-30-32-34-36-38-40-42-47(56)46(45-61-53-52(60)51(59)50(58)48(44-55)62-53)54-49(57)43-41-39-37-35-33-31-29-26-20-18-16-14-12-10-8-6-4-2/h6,8,12,14,18,20,29,31,35,37,46-48,50-53,55-56,58-60H,3-5,7,9-11,13,15-17,19,21-28,30,32-34,36,38-45H2,1-2H3,(H,54,57)/b8-6-,14-12-,20-18-,31-29-,37-35-. The molecular formula is C53H95NO8. The van der Waals surface area contributed by atoms with Crippen molar-refractivity contribution >= 4 is 5.91 Å². The Balaban J connectivity index is 2.31. The van der Waals surface area contributed by atoms with Crippen LogP contribution >= 0.6 is 0 Å². The fraction of sp³-hybridized carbons (Fsp3) is 0.792. The van der Waals surface area contributed by atoms with Gasteiger partial charge in [0.1, 0.15) is 24.4 Å². The van der Waals surface area contributed by atoms with Crippen molar-refractivity contribution in [2.75, 3.05) is 13.2 Å². The maximum absolute atomic E-state index is 13.0. The zero-order chi connectivity index (χ0) is 45.1. The zero-order valence-electron chi connectivity index (χ0n) is 39.6. The second kappa shape index (κ2) is 42.8. The highest BCUT2D eigenvalue weighted by molar-refractivity contribution is 5.76. The lowest BCUT2D eigenvalue weighted by molar-refractivity contribution is -0.302. The molecule has 7 atom stereocenters. The molecule has 0 bridgehead atoms. The van der Waals surface area contributed by atoms with Gasteiger partial charge in [-0.2, -0.15) is 0 Å². The molecule has 1 aliphatic heterocycles. The summed E-state index contributed by atoms with van der Waals surface area (Å²) in [5, 5.41) is 54.5. The van der Waals surface area contributed by atoms with Gasteiger partial charge in [0.05, 0.1) is 25.4 Å². The van der Waals surface area contributed by atoms with E-state index in [2.05, 4.69) is 79.9 Å². The number of aliphatic hydroxyl groups excluding tert-OH is 5. The molecule has 9 nitrogen and oxygen atoms in total. The van der Waals surface area contributed by atoms with Crippen LogP contribution in [0.2, 0.25) is 0 Å². The summed E-state index contributed by atoms with van der Waals surface area (Å²) in [5.74, 6) is -0.201. The number of amides is 1. The summed E-state index contributed by atoms with van der Waals surface area (Å²) >= 11 is 0. The van der Waals surface area contributed by atoms with Gasteiger partial charge in [-0.25, -0.2) is 0 Å². The Bertz CT molecular complexity index is 1150. The summed E-state index contributed by atoms with van der Waals surface area (Å²) in [5.41, 5.74) is 0. The van der Waals surface area contributed by atoms with Crippen molar-refractivity contribution in [2.24, 2.45) is 0 Å². The second-order valence-electron chi connectivity index (χ2n) is 17.6. The third kappa shape index (κ3) is 32.5. The zero-order valence-corrected chi connectivity index (χ0v) is 39.6. The fourth-order valence-electron chi connectivity index (χ4n) is 7.84. The maximum Gasteiger partial charge on any atom is 0.220 e. The van der Waals surface area contributed by atoms with Crippen molar-refractivity contribution in [3.8, 4) is 0 Å². The lowest BCUT2D eigenvalue weighted by Crippen LogP contribution is -2.60. The van der Waals surface area contributed by atoms with Crippen LogP contribution in [-0.4, -0.2) is 87.5 Å². The SMILES string of the molecule is CC/C=C\C/C=C\C/C=C\C/C=C\C/C=C\CCCC(=O)NC(COC1OC(CO)C(O)C(O)C1O)C(O)CCCCCCCCCCCCCCCCCCCCCCCC. The number of hydrogen-bond acceptors (Lipinski definition) is 8. The van der Waals surface area contributed by atoms with E-state index in [0.29, 0.717) is 12.8 Å². The highest BCUT2D eigenvalue weighted by atomic mass is 16.7. The van der Waals surface area contributed by atoms with Crippen LogP contribution in [0.3, 0.4) is 0 Å². The van der Waals surface area contributed by atoms with Crippen molar-refractivity contribution in [1.29, 1.82) is 0 Å². The average Bonchev–Trinajstić information content (AvgIpc) is 3.27. The smallest absolute Gasteiger partial charge is 0.220 e. The average molecular weight is 874 g/mol. The highest BCUT2D eigenvalue weighted by Crippen LogP contribution is 2.23. The molecule has 7 unspecified atom stereocenters. The molecule has 360 valence electrons. The second-order valence-corrected chi connectivity index (χ2v) is 17.6. The van der Waals surface area contributed by atoms with Crippen molar-refractivity contribution < 1.29 is 39.8 Å². The van der Waals surface area contributed by atoms with Crippen LogP contribution in [0, 0.1) is 0 Å². The molecule has 1 aliphatic rings. The van der Waals surface area contributed by atoms with Crippen molar-refractivity contribution in [1.82, 2.24) is 5.32 Å². The van der Waals surface area contributed by atoms with Crippen LogP contribution in [-0.2, 0) is 14.3 Å². The van der Waals surface area contributed by atoms with E-state index in [9.17, 15) is 30.3 Å². The molecule has 62 heavy (non-hydrogen) atoms. The lowest BCUT2D eigenvalue weighted by Gasteiger charge is -2.40. The van der Waals surface area contributed by atoms with E-state index >= 15 is 0 Å². The predicted octanol–water partition coefficient (Wildman–Crippen LogP) is 11.6. The molecule has 0 aliphatic carbocycles. The van der Waals surface area contributed by atoms with Crippen LogP contribution in [0.5, 0.6) is 0 Å². The number of carbonyl (C=O) groups excluding carboxylic acids is 1. The lowest BCUT2D eigenvalue weighted by atomic mass is 9.99. The van der Waals surface area contributed by atoms with Gasteiger partial charge < -0.3 is 40.3 Å².